The molecule has 0 saturated carbocycles. The average Bonchev–Trinajstić information content (AvgIpc) is 3.11. The van der Waals surface area contributed by atoms with Gasteiger partial charge >= 0.3 is 0 Å². The monoisotopic (exact) mass is 272 g/mol. The Labute approximate surface area is 117 Å². The lowest BCUT2D eigenvalue weighted by molar-refractivity contribution is -0.108. The van der Waals surface area contributed by atoms with Crippen molar-refractivity contribution in [3.05, 3.63) is 47.7 Å². The minimum Gasteiger partial charge on any atom is -0.490 e. The second kappa shape index (κ2) is 4.96. The zero-order valence-corrected chi connectivity index (χ0v) is 11.1. The van der Waals surface area contributed by atoms with Crippen molar-refractivity contribution in [1.82, 2.24) is 0 Å². The number of epoxide rings is 1. The van der Waals surface area contributed by atoms with Crippen LogP contribution < -0.4 is 4.74 Å². The molecule has 0 amide bonds. The maximum absolute atomic E-state index is 5.83. The molecule has 4 heteroatoms. The lowest BCUT2D eigenvalue weighted by Crippen LogP contribution is -2.35. The van der Waals surface area contributed by atoms with Crippen LogP contribution in [0.4, 0.5) is 0 Å². The molecule has 1 atom stereocenters. The fourth-order valence-corrected chi connectivity index (χ4v) is 2.28. The van der Waals surface area contributed by atoms with Crippen LogP contribution in [0.3, 0.4) is 0 Å². The van der Waals surface area contributed by atoms with E-state index in [9.17, 15) is 0 Å². The van der Waals surface area contributed by atoms with Gasteiger partial charge in [0.2, 0.25) is 6.29 Å². The van der Waals surface area contributed by atoms with Crippen LogP contribution in [0.15, 0.2) is 42.2 Å². The molecular formula is C16H16O4. The smallest absolute Gasteiger partial charge is 0.223 e. The van der Waals surface area contributed by atoms with Gasteiger partial charge in [0.15, 0.2) is 0 Å². The summed E-state index contributed by atoms with van der Waals surface area (Å²) in [7, 11) is 0. The van der Waals surface area contributed by atoms with Crippen molar-refractivity contribution in [2.45, 2.75) is 18.8 Å². The number of hydrogen-bond acceptors (Lipinski definition) is 4. The summed E-state index contributed by atoms with van der Waals surface area (Å²) < 4.78 is 21.5. The molecule has 2 aliphatic heterocycles. The van der Waals surface area contributed by atoms with Gasteiger partial charge in [-0.25, -0.2) is 0 Å². The molecule has 0 aromatic heterocycles. The van der Waals surface area contributed by atoms with Crippen molar-refractivity contribution < 1.29 is 18.9 Å². The Balaban J connectivity index is 1.36. The van der Waals surface area contributed by atoms with E-state index in [1.165, 1.54) is 11.1 Å². The summed E-state index contributed by atoms with van der Waals surface area (Å²) in [4.78, 5) is 0. The molecule has 2 heterocycles. The van der Waals surface area contributed by atoms with Crippen molar-refractivity contribution in [1.29, 1.82) is 0 Å². The van der Waals surface area contributed by atoms with E-state index in [4.69, 9.17) is 18.9 Å². The molecule has 104 valence electrons. The van der Waals surface area contributed by atoms with Crippen LogP contribution in [0, 0.1) is 0 Å². The van der Waals surface area contributed by atoms with Crippen molar-refractivity contribution in [2.75, 3.05) is 19.8 Å². The first-order valence-corrected chi connectivity index (χ1v) is 6.90. The highest BCUT2D eigenvalue weighted by atomic mass is 16.8. The summed E-state index contributed by atoms with van der Waals surface area (Å²) >= 11 is 0. The topological polar surface area (TPSA) is 40.2 Å². The van der Waals surface area contributed by atoms with E-state index in [0.29, 0.717) is 19.8 Å². The summed E-state index contributed by atoms with van der Waals surface area (Å²) in [5.74, 6) is 1.88. The molecule has 0 N–H and O–H groups in total. The Bertz CT molecular complexity index is 550. The van der Waals surface area contributed by atoms with Gasteiger partial charge in [0.25, 0.3) is 0 Å². The van der Waals surface area contributed by atoms with Crippen LogP contribution in [0.25, 0.3) is 5.57 Å². The number of hydrogen-bond donors (Lipinski definition) is 0. The molecular weight excluding hydrogens is 256 g/mol. The molecule has 0 radical (unpaired) electrons. The van der Waals surface area contributed by atoms with E-state index in [2.05, 4.69) is 24.3 Å². The summed E-state index contributed by atoms with van der Waals surface area (Å²) in [6, 6.07) is 8.12. The van der Waals surface area contributed by atoms with E-state index >= 15 is 0 Å². The van der Waals surface area contributed by atoms with Crippen molar-refractivity contribution in [3.63, 3.8) is 0 Å². The average molecular weight is 272 g/mol. The SMILES string of the molecule is C1=C(OC2COC2)CC(c2ccc(OC3CO3)cc2)=C1. The maximum atomic E-state index is 5.83. The van der Waals surface area contributed by atoms with Crippen molar-refractivity contribution >= 4 is 5.57 Å². The Hall–Kier alpha value is -1.78. The van der Waals surface area contributed by atoms with Gasteiger partial charge in [-0.1, -0.05) is 18.2 Å². The molecule has 20 heavy (non-hydrogen) atoms. The molecule has 4 nitrogen and oxygen atoms in total. The van der Waals surface area contributed by atoms with Crippen molar-refractivity contribution in [2.24, 2.45) is 0 Å². The highest BCUT2D eigenvalue weighted by Crippen LogP contribution is 2.31. The first kappa shape index (κ1) is 12.0. The quantitative estimate of drug-likeness (QED) is 0.772. The largest absolute Gasteiger partial charge is 0.490 e. The van der Waals surface area contributed by atoms with E-state index in [1.54, 1.807) is 0 Å². The predicted octanol–water partition coefficient (Wildman–Crippen LogP) is 2.51. The predicted molar refractivity (Wildman–Crippen MR) is 73.2 cm³/mol. The number of benzene rings is 1. The molecule has 1 aromatic carbocycles. The highest BCUT2D eigenvalue weighted by molar-refractivity contribution is 5.72. The number of ether oxygens (including phenoxy) is 4. The van der Waals surface area contributed by atoms with Gasteiger partial charge < -0.3 is 18.9 Å². The van der Waals surface area contributed by atoms with E-state index < -0.39 is 0 Å². The fraction of sp³-hybridized carbons (Fsp3) is 0.375. The Morgan fingerprint density at radius 1 is 0.950 bits per heavy atom. The second-order valence-electron chi connectivity index (χ2n) is 5.18. The van der Waals surface area contributed by atoms with Gasteiger partial charge in [0.1, 0.15) is 24.2 Å². The molecule has 2 fully saturated rings. The van der Waals surface area contributed by atoms with Gasteiger partial charge in [0, 0.05) is 6.42 Å². The highest BCUT2D eigenvalue weighted by Gasteiger charge is 2.25. The molecule has 4 rings (SSSR count). The molecule has 1 unspecified atom stereocenters. The van der Waals surface area contributed by atoms with Crippen LogP contribution >= 0.6 is 0 Å². The Kier molecular flexibility index (Phi) is 2.98. The standard InChI is InChI=1S/C16H16O4/c1-4-13(20-16-10-18-16)5-2-11(1)12-3-6-14(7-12)19-15-8-17-9-15/h1-6,15-16H,7-10H2. The molecule has 0 spiro atoms. The van der Waals surface area contributed by atoms with Gasteiger partial charge in [-0.3, -0.25) is 0 Å². The first-order valence-electron chi connectivity index (χ1n) is 6.90. The summed E-state index contributed by atoms with van der Waals surface area (Å²) in [5, 5.41) is 0. The van der Waals surface area contributed by atoms with E-state index in [-0.39, 0.29) is 12.4 Å². The molecule has 3 aliphatic rings. The van der Waals surface area contributed by atoms with Crippen LogP contribution in [0.5, 0.6) is 5.75 Å². The number of rotatable bonds is 5. The summed E-state index contributed by atoms with van der Waals surface area (Å²) in [6.45, 7) is 2.12. The van der Waals surface area contributed by atoms with Crippen molar-refractivity contribution in [3.8, 4) is 5.75 Å². The molecule has 0 bridgehead atoms. The molecule has 1 aliphatic carbocycles. The zero-order valence-electron chi connectivity index (χ0n) is 11.1. The fourth-order valence-electron chi connectivity index (χ4n) is 2.28. The van der Waals surface area contributed by atoms with E-state index in [0.717, 1.165) is 17.9 Å². The summed E-state index contributed by atoms with van der Waals surface area (Å²) in [5.41, 5.74) is 2.48. The van der Waals surface area contributed by atoms with Crippen LogP contribution in [-0.4, -0.2) is 32.2 Å². The summed E-state index contributed by atoms with van der Waals surface area (Å²) in [6.07, 6.45) is 5.22. The molecule has 2 saturated heterocycles. The van der Waals surface area contributed by atoms with Crippen LogP contribution in [0.1, 0.15) is 12.0 Å². The normalized spacial score (nSPS) is 24.7. The van der Waals surface area contributed by atoms with Gasteiger partial charge in [-0.15, -0.1) is 0 Å². The Morgan fingerprint density at radius 2 is 1.75 bits per heavy atom. The lowest BCUT2D eigenvalue weighted by Gasteiger charge is -2.27. The van der Waals surface area contributed by atoms with Gasteiger partial charge in [-0.2, -0.15) is 0 Å². The zero-order chi connectivity index (χ0) is 13.4. The maximum Gasteiger partial charge on any atom is 0.223 e. The van der Waals surface area contributed by atoms with Crippen LogP contribution in [-0.2, 0) is 14.2 Å². The third-order valence-electron chi connectivity index (χ3n) is 3.56. The third kappa shape index (κ3) is 2.57. The second-order valence-corrected chi connectivity index (χ2v) is 5.18. The third-order valence-corrected chi connectivity index (χ3v) is 3.56. The minimum absolute atomic E-state index is 0.0436. The lowest BCUT2D eigenvalue weighted by atomic mass is 10.0. The van der Waals surface area contributed by atoms with Gasteiger partial charge in [0.05, 0.1) is 13.2 Å². The Morgan fingerprint density at radius 3 is 2.40 bits per heavy atom. The van der Waals surface area contributed by atoms with E-state index in [1.807, 2.05) is 12.1 Å². The first-order chi connectivity index (χ1) is 9.87. The molecule has 1 aromatic rings. The number of allylic oxidation sites excluding steroid dienone is 3. The minimum atomic E-state index is -0.0436. The van der Waals surface area contributed by atoms with Crippen LogP contribution in [0.2, 0.25) is 0 Å². The van der Waals surface area contributed by atoms with Gasteiger partial charge in [-0.05, 0) is 29.3 Å².